The molecular weight excluding hydrogens is 562 g/mol. The fraction of sp³-hybridized carbons (Fsp3) is 0.483. The number of fused-ring (bicyclic) bond motifs is 1. The van der Waals surface area contributed by atoms with Crippen LogP contribution in [0.5, 0.6) is 0 Å². The summed E-state index contributed by atoms with van der Waals surface area (Å²) in [5.41, 5.74) is -0.609. The zero-order chi connectivity index (χ0) is 29.8. The lowest BCUT2D eigenvalue weighted by molar-refractivity contribution is -0.480. The summed E-state index contributed by atoms with van der Waals surface area (Å²) in [4.78, 5) is 15.1. The first-order valence-electron chi connectivity index (χ1n) is 14.0. The number of imidazole rings is 1. The Morgan fingerprint density at radius 2 is 1.83 bits per heavy atom. The molecule has 0 bridgehead atoms. The number of alkyl halides is 6. The van der Waals surface area contributed by atoms with E-state index in [0.717, 1.165) is 41.5 Å². The Labute approximate surface area is 237 Å². The van der Waals surface area contributed by atoms with Crippen LogP contribution in [0.4, 0.5) is 26.3 Å². The number of azo groups is 1. The number of nitrogens with zero attached hydrogens (tertiary/aromatic N) is 6. The maximum absolute atomic E-state index is 14.2. The molecule has 1 saturated carbocycles. The predicted molar refractivity (Wildman–Crippen MR) is 142 cm³/mol. The van der Waals surface area contributed by atoms with E-state index < -0.39 is 29.5 Å². The van der Waals surface area contributed by atoms with Gasteiger partial charge in [0.05, 0.1) is 40.8 Å². The predicted octanol–water partition coefficient (Wildman–Crippen LogP) is 6.39. The van der Waals surface area contributed by atoms with Gasteiger partial charge in [0.2, 0.25) is 0 Å². The normalized spacial score (nSPS) is 21.6. The van der Waals surface area contributed by atoms with Crippen molar-refractivity contribution in [3.8, 4) is 5.69 Å². The Kier molecular flexibility index (Phi) is 7.27. The van der Waals surface area contributed by atoms with E-state index in [9.17, 15) is 31.1 Å². The van der Waals surface area contributed by atoms with Crippen molar-refractivity contribution in [2.24, 2.45) is 22.1 Å². The highest BCUT2D eigenvalue weighted by Crippen LogP contribution is 2.46. The van der Waals surface area contributed by atoms with Gasteiger partial charge in [0.25, 0.3) is 0 Å². The van der Waals surface area contributed by atoms with Crippen LogP contribution in [0, 0.1) is 18.0 Å². The summed E-state index contributed by atoms with van der Waals surface area (Å²) in [5, 5.41) is 8.33. The van der Waals surface area contributed by atoms with E-state index in [0.29, 0.717) is 24.6 Å². The molecule has 7 nitrogen and oxygen atoms in total. The molecule has 13 heteroatoms. The van der Waals surface area contributed by atoms with Gasteiger partial charge in [-0.05, 0) is 72.6 Å². The van der Waals surface area contributed by atoms with Gasteiger partial charge in [0.15, 0.2) is 0 Å². The Morgan fingerprint density at radius 1 is 1.05 bits per heavy atom. The van der Waals surface area contributed by atoms with E-state index in [1.165, 1.54) is 21.9 Å². The highest BCUT2D eigenvalue weighted by atomic mass is 19.4. The average molecular weight is 593 g/mol. The molecule has 0 N–H and O–H groups in total. The molecule has 0 spiro atoms. The molecule has 0 amide bonds. The molecule has 2 atom stereocenters. The number of halogens is 6. The number of hydrogen-bond donors (Lipinski definition) is 0. The van der Waals surface area contributed by atoms with Crippen LogP contribution >= 0.6 is 0 Å². The monoisotopic (exact) mass is 592 g/mol. The lowest BCUT2D eigenvalue weighted by atomic mass is 9.71. The lowest BCUT2D eigenvalue weighted by Crippen LogP contribution is -2.41. The number of likely N-dealkylation sites (tertiary alicyclic amines) is 1. The number of pyridine rings is 1. The fourth-order valence-corrected chi connectivity index (χ4v) is 6.32. The van der Waals surface area contributed by atoms with Gasteiger partial charge in [-0.25, -0.2) is 9.37 Å². The van der Waals surface area contributed by atoms with Crippen LogP contribution in [0.3, 0.4) is 0 Å². The zero-order valence-corrected chi connectivity index (χ0v) is 22.9. The van der Waals surface area contributed by atoms with Crippen LogP contribution in [-0.4, -0.2) is 51.1 Å². The summed E-state index contributed by atoms with van der Waals surface area (Å²) >= 11 is 0. The molecule has 3 aliphatic rings. The third kappa shape index (κ3) is 5.38. The molecule has 42 heavy (non-hydrogen) atoms. The number of aromatic nitrogens is 2. The second-order valence-electron chi connectivity index (χ2n) is 11.5. The Balaban J connectivity index is 1.38. The molecule has 223 valence electrons. The maximum atomic E-state index is 14.2. The molecule has 1 radical (unpaired) electrons. The standard InChI is InChI=1S/C29H30F6N6O/c1-38-17-36-37-26(38)25(19-5-2-6-19)20-7-3-9-22(12-20)40-16-24-23(29(33,34)35)11-18(14-41(24)27(40)42)13-39-10-4-8-21(15-39)28(30,31)32/h3,7,9,11-12,14,16-17,19,21,25H,2,4-6,8,10,13,15H2,1H3/q+1/t21-,25+/m0/s1. The molecule has 2 fully saturated rings. The molecular formula is C29H30F6N6O+. The summed E-state index contributed by atoms with van der Waals surface area (Å²) < 4.78 is 86.6. The number of rotatable bonds is 6. The number of piperidine rings is 1. The average Bonchev–Trinajstić information content (AvgIpc) is 3.47. The van der Waals surface area contributed by atoms with E-state index >= 15 is 0 Å². The SMILES string of the molecule is C[N+]1=CN=N[C]1[C@@H](c1cccc(-n2cc3c(C(F)(F)F)cc(CN4CCC[C@H](C(F)(F)F)C4)cn3c2=O)c1)C1CCC1. The lowest BCUT2D eigenvalue weighted by Gasteiger charge is -2.34. The first-order chi connectivity index (χ1) is 19.9. The van der Waals surface area contributed by atoms with Gasteiger partial charge >= 0.3 is 30.5 Å². The van der Waals surface area contributed by atoms with E-state index in [1.807, 2.05) is 17.7 Å². The van der Waals surface area contributed by atoms with Crippen LogP contribution in [0.15, 0.2) is 57.7 Å². The van der Waals surface area contributed by atoms with Crippen molar-refractivity contribution >= 4 is 11.9 Å². The first kappa shape index (κ1) is 28.6. The summed E-state index contributed by atoms with van der Waals surface area (Å²) in [6, 6.07) is 8.10. The Bertz CT molecular complexity index is 1600. The molecule has 1 aliphatic carbocycles. The van der Waals surface area contributed by atoms with E-state index in [4.69, 9.17) is 0 Å². The van der Waals surface area contributed by atoms with Gasteiger partial charge in [-0.15, -0.1) is 0 Å². The van der Waals surface area contributed by atoms with Crippen LogP contribution in [0.1, 0.15) is 54.7 Å². The van der Waals surface area contributed by atoms with Gasteiger partial charge in [-0.3, -0.25) is 13.9 Å². The largest absolute Gasteiger partial charge is 0.418 e. The molecule has 2 aliphatic heterocycles. The van der Waals surface area contributed by atoms with Gasteiger partial charge in [-0.1, -0.05) is 18.6 Å². The quantitative estimate of drug-likeness (QED) is 0.246. The summed E-state index contributed by atoms with van der Waals surface area (Å²) in [6.07, 6.45) is -0.859. The van der Waals surface area contributed by atoms with Crippen LogP contribution in [-0.2, 0) is 12.7 Å². The van der Waals surface area contributed by atoms with Crippen molar-refractivity contribution in [2.45, 2.75) is 56.9 Å². The van der Waals surface area contributed by atoms with Gasteiger partial charge in [-0.2, -0.15) is 26.3 Å². The summed E-state index contributed by atoms with van der Waals surface area (Å²) in [6.45, 7) is -0.0822. The topological polar surface area (TPSA) is 57.4 Å². The molecule has 3 aromatic rings. The fourth-order valence-electron chi connectivity index (χ4n) is 6.32. The van der Waals surface area contributed by atoms with Crippen molar-refractivity contribution in [3.05, 3.63) is 76.1 Å². The van der Waals surface area contributed by atoms with Crippen LogP contribution in [0.2, 0.25) is 0 Å². The third-order valence-electron chi connectivity index (χ3n) is 8.66. The highest BCUT2D eigenvalue weighted by Gasteiger charge is 2.43. The number of benzene rings is 1. The molecule has 0 unspecified atom stereocenters. The molecule has 1 aromatic carbocycles. The highest BCUT2D eigenvalue weighted by molar-refractivity contribution is 5.58. The molecule has 4 heterocycles. The third-order valence-corrected chi connectivity index (χ3v) is 8.66. The van der Waals surface area contributed by atoms with E-state index in [1.54, 1.807) is 24.5 Å². The summed E-state index contributed by atoms with van der Waals surface area (Å²) in [5.74, 6) is -1.28. The minimum atomic E-state index is -4.78. The van der Waals surface area contributed by atoms with Crippen LogP contribution < -0.4 is 5.69 Å². The van der Waals surface area contributed by atoms with Crippen molar-refractivity contribution in [1.29, 1.82) is 0 Å². The smallest absolute Gasteiger partial charge is 0.298 e. The van der Waals surface area contributed by atoms with Gasteiger partial charge in [0.1, 0.15) is 0 Å². The van der Waals surface area contributed by atoms with Gasteiger partial charge in [0, 0.05) is 25.5 Å². The molecule has 6 rings (SSSR count). The molecule has 1 saturated heterocycles. The van der Waals surface area contributed by atoms with Crippen molar-refractivity contribution in [3.63, 3.8) is 0 Å². The summed E-state index contributed by atoms with van der Waals surface area (Å²) in [7, 11) is 1.86. The second-order valence-corrected chi connectivity index (χ2v) is 11.5. The minimum Gasteiger partial charge on any atom is -0.298 e. The van der Waals surface area contributed by atoms with Crippen molar-refractivity contribution in [1.82, 2.24) is 13.9 Å². The first-order valence-corrected chi connectivity index (χ1v) is 14.0. The number of hydrogen-bond acceptors (Lipinski definition) is 4. The maximum Gasteiger partial charge on any atom is 0.418 e. The second kappa shape index (κ2) is 10.7. The van der Waals surface area contributed by atoms with Crippen molar-refractivity contribution in [2.75, 3.05) is 20.1 Å². The number of likely N-dealkylation sites (N-methyl/N-ethyl adjacent to an activating group) is 1. The Morgan fingerprint density at radius 3 is 2.48 bits per heavy atom. The molecule has 2 aromatic heterocycles. The van der Waals surface area contributed by atoms with Gasteiger partial charge < -0.3 is 0 Å². The van der Waals surface area contributed by atoms with Crippen molar-refractivity contribution < 1.29 is 30.9 Å². The zero-order valence-electron chi connectivity index (χ0n) is 22.9. The van der Waals surface area contributed by atoms with E-state index in [-0.39, 0.29) is 36.5 Å². The van der Waals surface area contributed by atoms with Crippen LogP contribution in [0.25, 0.3) is 11.2 Å². The van der Waals surface area contributed by atoms with E-state index in [2.05, 4.69) is 10.2 Å². The Hall–Kier alpha value is -3.48. The minimum absolute atomic E-state index is 0.00747.